The van der Waals surface area contributed by atoms with Crippen molar-refractivity contribution in [2.75, 3.05) is 5.32 Å². The molecule has 3 aromatic rings. The second kappa shape index (κ2) is 6.90. The molecule has 0 saturated heterocycles. The van der Waals surface area contributed by atoms with E-state index < -0.39 is 28.3 Å². The molecular weight excluding hydrogens is 365 g/mol. The lowest BCUT2D eigenvalue weighted by Gasteiger charge is -2.14. The first kappa shape index (κ1) is 18.1. The van der Waals surface area contributed by atoms with Crippen molar-refractivity contribution in [1.82, 2.24) is 9.78 Å². The number of rotatable bonds is 4. The summed E-state index contributed by atoms with van der Waals surface area (Å²) in [4.78, 5) is 22.8. The highest BCUT2D eigenvalue weighted by atomic mass is 19.4. The molecule has 0 saturated carbocycles. The molecule has 0 aliphatic heterocycles. The number of halogens is 3. The predicted molar refractivity (Wildman–Crippen MR) is 89.6 cm³/mol. The number of benzene rings is 2. The predicted octanol–water partition coefficient (Wildman–Crippen LogP) is 4.05. The summed E-state index contributed by atoms with van der Waals surface area (Å²) in [5, 5.41) is 17.3. The summed E-state index contributed by atoms with van der Waals surface area (Å²) in [6.07, 6.45) is -1.71. The lowest BCUT2D eigenvalue weighted by atomic mass is 10.1. The molecule has 1 heterocycles. The molecule has 0 unspecified atom stereocenters. The standard InChI is InChI=1S/C17H11F3N4O3/c18-17(19,20)11-6-7-15(23-9-3-8-21-23)13(10-11)22-16(25)12-4-1-2-5-14(12)24(26)27/h1-10H,(H,22,25). The Balaban J connectivity index is 2.05. The molecule has 0 atom stereocenters. The Labute approximate surface area is 150 Å². The number of carbonyl (C=O) groups excluding carboxylic acids is 1. The van der Waals surface area contributed by atoms with E-state index in [-0.39, 0.29) is 16.9 Å². The molecule has 1 aromatic heterocycles. The maximum Gasteiger partial charge on any atom is 0.416 e. The van der Waals surface area contributed by atoms with Gasteiger partial charge >= 0.3 is 6.18 Å². The highest BCUT2D eigenvalue weighted by Gasteiger charge is 2.31. The molecule has 0 bridgehead atoms. The van der Waals surface area contributed by atoms with Gasteiger partial charge in [-0.25, -0.2) is 4.68 Å². The average molecular weight is 376 g/mol. The third-order valence-electron chi connectivity index (χ3n) is 3.67. The van der Waals surface area contributed by atoms with Crippen molar-refractivity contribution in [3.63, 3.8) is 0 Å². The summed E-state index contributed by atoms with van der Waals surface area (Å²) in [6, 6.07) is 9.48. The number of amides is 1. The fourth-order valence-corrected chi connectivity index (χ4v) is 2.44. The van der Waals surface area contributed by atoms with E-state index in [2.05, 4.69) is 10.4 Å². The monoisotopic (exact) mass is 376 g/mol. The van der Waals surface area contributed by atoms with Crippen molar-refractivity contribution in [3.05, 3.63) is 82.2 Å². The van der Waals surface area contributed by atoms with Gasteiger partial charge in [-0.05, 0) is 30.3 Å². The molecule has 3 rings (SSSR count). The van der Waals surface area contributed by atoms with Gasteiger partial charge in [0.05, 0.1) is 21.9 Å². The van der Waals surface area contributed by atoms with Crippen molar-refractivity contribution in [1.29, 1.82) is 0 Å². The first-order valence-corrected chi connectivity index (χ1v) is 7.53. The minimum atomic E-state index is -4.62. The number of alkyl halides is 3. The Morgan fingerprint density at radius 3 is 2.52 bits per heavy atom. The molecule has 0 spiro atoms. The van der Waals surface area contributed by atoms with Crippen LogP contribution in [0, 0.1) is 10.1 Å². The Morgan fingerprint density at radius 1 is 1.15 bits per heavy atom. The Morgan fingerprint density at radius 2 is 1.89 bits per heavy atom. The summed E-state index contributed by atoms with van der Waals surface area (Å²) >= 11 is 0. The number of carbonyl (C=O) groups is 1. The van der Waals surface area contributed by atoms with Crippen LogP contribution in [-0.2, 0) is 6.18 Å². The molecular formula is C17H11F3N4O3. The first-order chi connectivity index (χ1) is 12.8. The maximum atomic E-state index is 13.0. The van der Waals surface area contributed by atoms with Crippen LogP contribution >= 0.6 is 0 Å². The van der Waals surface area contributed by atoms with Gasteiger partial charge in [0.15, 0.2) is 0 Å². The number of hydrogen-bond acceptors (Lipinski definition) is 4. The zero-order valence-electron chi connectivity index (χ0n) is 13.5. The van der Waals surface area contributed by atoms with E-state index in [9.17, 15) is 28.1 Å². The van der Waals surface area contributed by atoms with Crippen LogP contribution in [0.3, 0.4) is 0 Å². The van der Waals surface area contributed by atoms with E-state index in [0.717, 1.165) is 24.3 Å². The van der Waals surface area contributed by atoms with Crippen LogP contribution in [-0.4, -0.2) is 20.6 Å². The summed E-state index contributed by atoms with van der Waals surface area (Å²) in [7, 11) is 0. The van der Waals surface area contributed by atoms with Crippen LogP contribution in [0.1, 0.15) is 15.9 Å². The molecule has 10 heteroatoms. The van der Waals surface area contributed by atoms with Gasteiger partial charge in [-0.15, -0.1) is 0 Å². The lowest BCUT2D eigenvalue weighted by molar-refractivity contribution is -0.385. The van der Waals surface area contributed by atoms with E-state index in [1.54, 1.807) is 6.07 Å². The smallest absolute Gasteiger partial charge is 0.320 e. The molecule has 0 radical (unpaired) electrons. The van der Waals surface area contributed by atoms with Crippen molar-refractivity contribution in [2.45, 2.75) is 6.18 Å². The van der Waals surface area contributed by atoms with Crippen molar-refractivity contribution in [2.24, 2.45) is 0 Å². The highest BCUT2D eigenvalue weighted by Crippen LogP contribution is 2.33. The van der Waals surface area contributed by atoms with Gasteiger partial charge in [0.25, 0.3) is 11.6 Å². The molecule has 2 aromatic carbocycles. The van der Waals surface area contributed by atoms with Gasteiger partial charge in [0.1, 0.15) is 5.56 Å². The van der Waals surface area contributed by atoms with Crippen molar-refractivity contribution in [3.8, 4) is 5.69 Å². The van der Waals surface area contributed by atoms with Gasteiger partial charge in [0, 0.05) is 18.5 Å². The normalized spacial score (nSPS) is 11.2. The largest absolute Gasteiger partial charge is 0.416 e. The van der Waals surface area contributed by atoms with Gasteiger partial charge < -0.3 is 5.32 Å². The highest BCUT2D eigenvalue weighted by molar-refractivity contribution is 6.07. The Kier molecular flexibility index (Phi) is 4.63. The van der Waals surface area contributed by atoms with E-state index in [0.29, 0.717) is 0 Å². The van der Waals surface area contributed by atoms with Crippen LogP contribution in [0.25, 0.3) is 5.69 Å². The second-order valence-corrected chi connectivity index (χ2v) is 5.41. The Bertz CT molecular complexity index is 1000. The van der Waals surface area contributed by atoms with Crippen LogP contribution in [0.2, 0.25) is 0 Å². The molecule has 1 N–H and O–H groups in total. The van der Waals surface area contributed by atoms with Gasteiger partial charge in [-0.1, -0.05) is 12.1 Å². The molecule has 138 valence electrons. The van der Waals surface area contributed by atoms with E-state index in [1.807, 2.05) is 0 Å². The number of nitrogens with one attached hydrogen (secondary N) is 1. The number of aromatic nitrogens is 2. The summed E-state index contributed by atoms with van der Waals surface area (Å²) < 4.78 is 40.4. The third kappa shape index (κ3) is 3.78. The molecule has 27 heavy (non-hydrogen) atoms. The topological polar surface area (TPSA) is 90.1 Å². The number of hydrogen-bond donors (Lipinski definition) is 1. The fourth-order valence-electron chi connectivity index (χ4n) is 2.44. The third-order valence-corrected chi connectivity index (χ3v) is 3.67. The summed E-state index contributed by atoms with van der Waals surface area (Å²) in [5.41, 5.74) is -1.71. The molecule has 0 aliphatic carbocycles. The maximum absolute atomic E-state index is 13.0. The number of anilines is 1. The SMILES string of the molecule is O=C(Nc1cc(C(F)(F)F)ccc1-n1cccn1)c1ccccc1[N+](=O)[O-]. The molecule has 0 fully saturated rings. The van der Waals surface area contributed by atoms with Crippen molar-refractivity contribution >= 4 is 17.3 Å². The summed E-state index contributed by atoms with van der Waals surface area (Å²) in [6.45, 7) is 0. The van der Waals surface area contributed by atoms with Crippen LogP contribution in [0.4, 0.5) is 24.5 Å². The van der Waals surface area contributed by atoms with E-state index in [4.69, 9.17) is 0 Å². The van der Waals surface area contributed by atoms with Gasteiger partial charge in [0.2, 0.25) is 0 Å². The Hall–Kier alpha value is -3.69. The number of nitro groups is 1. The van der Waals surface area contributed by atoms with Gasteiger partial charge in [-0.3, -0.25) is 14.9 Å². The van der Waals surface area contributed by atoms with Crippen LogP contribution in [0.15, 0.2) is 60.9 Å². The number of nitrogens with zero attached hydrogens (tertiary/aromatic N) is 3. The fraction of sp³-hybridized carbons (Fsp3) is 0.0588. The first-order valence-electron chi connectivity index (χ1n) is 7.53. The summed E-state index contributed by atoms with van der Waals surface area (Å²) in [5.74, 6) is -0.907. The minimum absolute atomic E-state index is 0.180. The zero-order valence-corrected chi connectivity index (χ0v) is 13.5. The lowest BCUT2D eigenvalue weighted by Crippen LogP contribution is -2.17. The van der Waals surface area contributed by atoms with Crippen LogP contribution < -0.4 is 5.32 Å². The number of nitro benzene ring substituents is 1. The van der Waals surface area contributed by atoms with Crippen LogP contribution in [0.5, 0.6) is 0 Å². The van der Waals surface area contributed by atoms with Gasteiger partial charge in [-0.2, -0.15) is 18.3 Å². The number of para-hydroxylation sites is 1. The van der Waals surface area contributed by atoms with E-state index in [1.165, 1.54) is 35.3 Å². The minimum Gasteiger partial charge on any atom is -0.320 e. The average Bonchev–Trinajstić information content (AvgIpc) is 3.15. The second-order valence-electron chi connectivity index (χ2n) is 5.41. The van der Waals surface area contributed by atoms with Crippen molar-refractivity contribution < 1.29 is 22.9 Å². The zero-order chi connectivity index (χ0) is 19.6. The van der Waals surface area contributed by atoms with E-state index >= 15 is 0 Å². The molecule has 7 nitrogen and oxygen atoms in total. The quantitative estimate of drug-likeness (QED) is 0.549. The molecule has 0 aliphatic rings. The molecule has 1 amide bonds.